The molecule has 1 aromatic carbocycles. The first-order valence-corrected chi connectivity index (χ1v) is 11.6. The van der Waals surface area contributed by atoms with E-state index in [1.165, 1.54) is 17.2 Å². The fraction of sp³-hybridized carbons (Fsp3) is 0.346. The monoisotopic (exact) mass is 516 g/mol. The van der Waals surface area contributed by atoms with Gasteiger partial charge in [-0.1, -0.05) is 6.07 Å². The predicted octanol–water partition coefficient (Wildman–Crippen LogP) is 4.70. The maximum absolute atomic E-state index is 14.8. The zero-order valence-corrected chi connectivity index (χ0v) is 20.0. The molecule has 37 heavy (non-hydrogen) atoms. The van der Waals surface area contributed by atoms with Gasteiger partial charge in [0.25, 0.3) is 11.8 Å². The van der Waals surface area contributed by atoms with E-state index in [9.17, 15) is 27.5 Å². The molecule has 0 aliphatic carbocycles. The standard InChI is InChI=1S/C26H24F4N4O3/c1-14-3-4-17(33-24(36)15-5-6-31-20(10-15)25(2,27)28)11-18(14)16-9-19-22(32-12-16)23(35)26(29,30)21-13-37-8-7-34(19)21/h3-6,9-12,21,23,35H,7-8,13H2,1-2H3,(H,33,36)/t21-,23+/m0/s1. The molecule has 7 nitrogen and oxygen atoms in total. The van der Waals surface area contributed by atoms with E-state index >= 15 is 0 Å². The molecule has 2 atom stereocenters. The molecule has 1 fully saturated rings. The van der Waals surface area contributed by atoms with E-state index in [4.69, 9.17) is 4.74 Å². The quantitative estimate of drug-likeness (QED) is 0.489. The number of nitrogens with zero attached hydrogens (tertiary/aromatic N) is 3. The lowest BCUT2D eigenvalue weighted by Crippen LogP contribution is -2.60. The number of aliphatic hydroxyl groups excluding tert-OH is 1. The minimum atomic E-state index is -3.42. The predicted molar refractivity (Wildman–Crippen MR) is 128 cm³/mol. The van der Waals surface area contributed by atoms with Gasteiger partial charge in [-0.15, -0.1) is 0 Å². The van der Waals surface area contributed by atoms with Gasteiger partial charge in [-0.3, -0.25) is 14.8 Å². The Morgan fingerprint density at radius 2 is 2.00 bits per heavy atom. The minimum Gasteiger partial charge on any atom is -0.380 e. The van der Waals surface area contributed by atoms with E-state index in [0.717, 1.165) is 17.8 Å². The van der Waals surface area contributed by atoms with Crippen molar-refractivity contribution in [2.75, 3.05) is 30.0 Å². The average molecular weight is 516 g/mol. The Labute approximate surface area is 210 Å². The minimum absolute atomic E-state index is 0.0253. The van der Waals surface area contributed by atoms with E-state index in [1.54, 1.807) is 24.3 Å². The average Bonchev–Trinajstić information content (AvgIpc) is 2.88. The number of anilines is 2. The van der Waals surface area contributed by atoms with Gasteiger partial charge in [0, 0.05) is 42.7 Å². The van der Waals surface area contributed by atoms with E-state index in [0.29, 0.717) is 29.4 Å². The maximum Gasteiger partial charge on any atom is 0.301 e. The fourth-order valence-electron chi connectivity index (χ4n) is 4.65. The lowest BCUT2D eigenvalue weighted by Gasteiger charge is -2.47. The van der Waals surface area contributed by atoms with Crippen molar-refractivity contribution >= 4 is 17.3 Å². The van der Waals surface area contributed by atoms with Crippen molar-refractivity contribution in [2.24, 2.45) is 0 Å². The van der Waals surface area contributed by atoms with Crippen LogP contribution in [0.5, 0.6) is 0 Å². The zero-order chi connectivity index (χ0) is 26.5. The molecule has 2 N–H and O–H groups in total. The third kappa shape index (κ3) is 4.53. The number of morpholine rings is 1. The van der Waals surface area contributed by atoms with Crippen LogP contribution in [-0.4, -0.2) is 52.7 Å². The van der Waals surface area contributed by atoms with Crippen LogP contribution >= 0.6 is 0 Å². The SMILES string of the molecule is Cc1ccc(NC(=O)c2ccnc(C(C)(F)F)c2)cc1-c1cnc2c(c1)N1CCOC[C@H]1C(F)(F)[C@@H]2O. The van der Waals surface area contributed by atoms with Crippen LogP contribution < -0.4 is 10.2 Å². The number of aryl methyl sites for hydroxylation is 1. The van der Waals surface area contributed by atoms with Crippen LogP contribution in [0.25, 0.3) is 11.1 Å². The number of benzene rings is 1. The zero-order valence-electron chi connectivity index (χ0n) is 20.0. The van der Waals surface area contributed by atoms with Crippen LogP contribution in [0.1, 0.15) is 40.3 Å². The summed E-state index contributed by atoms with van der Waals surface area (Å²) in [4.78, 5) is 22.1. The van der Waals surface area contributed by atoms with Crippen molar-refractivity contribution in [1.82, 2.24) is 9.97 Å². The number of fused-ring (bicyclic) bond motifs is 3. The highest BCUT2D eigenvalue weighted by molar-refractivity contribution is 6.04. The number of hydrogen-bond acceptors (Lipinski definition) is 6. The Morgan fingerprint density at radius 3 is 2.76 bits per heavy atom. The molecule has 0 saturated carbocycles. The number of aromatic nitrogens is 2. The number of carbonyl (C=O) groups is 1. The third-order valence-electron chi connectivity index (χ3n) is 6.68. The van der Waals surface area contributed by atoms with Crippen LogP contribution in [0, 0.1) is 6.92 Å². The van der Waals surface area contributed by atoms with Crippen molar-refractivity contribution in [1.29, 1.82) is 0 Å². The second kappa shape index (κ2) is 9.07. The second-order valence-corrected chi connectivity index (χ2v) is 9.29. The molecule has 4 heterocycles. The molecule has 0 unspecified atom stereocenters. The van der Waals surface area contributed by atoms with Gasteiger partial charge >= 0.3 is 5.92 Å². The topological polar surface area (TPSA) is 87.6 Å². The highest BCUT2D eigenvalue weighted by Crippen LogP contribution is 2.47. The molecule has 2 aromatic heterocycles. The smallest absolute Gasteiger partial charge is 0.301 e. The summed E-state index contributed by atoms with van der Waals surface area (Å²) in [6.45, 7) is 2.84. The highest BCUT2D eigenvalue weighted by Gasteiger charge is 2.56. The molecule has 194 valence electrons. The van der Waals surface area contributed by atoms with E-state index < -0.39 is 35.6 Å². The lowest BCUT2D eigenvalue weighted by atomic mass is 9.91. The second-order valence-electron chi connectivity index (χ2n) is 9.29. The van der Waals surface area contributed by atoms with Crippen LogP contribution in [0.15, 0.2) is 48.8 Å². The van der Waals surface area contributed by atoms with Gasteiger partial charge in [0.15, 0.2) is 6.10 Å². The van der Waals surface area contributed by atoms with Crippen molar-refractivity contribution in [3.63, 3.8) is 0 Å². The molecular formula is C26H24F4N4O3. The number of ether oxygens (including phenoxy) is 1. The maximum atomic E-state index is 14.8. The van der Waals surface area contributed by atoms with Crippen molar-refractivity contribution < 1.29 is 32.2 Å². The number of rotatable bonds is 4. The molecule has 0 spiro atoms. The first kappa shape index (κ1) is 25.1. The highest BCUT2D eigenvalue weighted by atomic mass is 19.3. The third-order valence-corrected chi connectivity index (χ3v) is 6.68. The molecular weight excluding hydrogens is 492 g/mol. The summed E-state index contributed by atoms with van der Waals surface area (Å²) in [5.41, 5.74) is 2.33. The molecule has 0 bridgehead atoms. The number of aliphatic hydroxyl groups is 1. The Kier molecular flexibility index (Phi) is 6.15. The van der Waals surface area contributed by atoms with Gasteiger partial charge in [-0.2, -0.15) is 8.78 Å². The first-order valence-electron chi connectivity index (χ1n) is 11.6. The number of halogens is 4. The number of alkyl halides is 4. The fourth-order valence-corrected chi connectivity index (χ4v) is 4.65. The van der Waals surface area contributed by atoms with Crippen LogP contribution in [0.4, 0.5) is 28.9 Å². The molecule has 5 rings (SSSR count). The van der Waals surface area contributed by atoms with Gasteiger partial charge in [0.2, 0.25) is 0 Å². The van der Waals surface area contributed by atoms with Crippen molar-refractivity contribution in [2.45, 2.75) is 37.8 Å². The molecule has 11 heteroatoms. The number of pyridine rings is 2. The lowest BCUT2D eigenvalue weighted by molar-refractivity contribution is -0.153. The Hall–Kier alpha value is -3.57. The van der Waals surface area contributed by atoms with Gasteiger partial charge in [-0.05, 0) is 48.4 Å². The molecule has 0 radical (unpaired) electrons. The first-order chi connectivity index (χ1) is 17.5. The van der Waals surface area contributed by atoms with Crippen molar-refractivity contribution in [3.05, 3.63) is 71.3 Å². The number of carbonyl (C=O) groups excluding carboxylic acids is 1. The van der Waals surface area contributed by atoms with E-state index in [1.807, 2.05) is 6.92 Å². The normalized spacial score (nSPS) is 20.7. The summed E-state index contributed by atoms with van der Waals surface area (Å²) >= 11 is 0. The summed E-state index contributed by atoms with van der Waals surface area (Å²) in [5, 5.41) is 13.1. The molecule has 1 saturated heterocycles. The summed E-state index contributed by atoms with van der Waals surface area (Å²) in [7, 11) is 0. The molecule has 3 aromatic rings. The van der Waals surface area contributed by atoms with Gasteiger partial charge in [-0.25, -0.2) is 8.78 Å². The summed E-state index contributed by atoms with van der Waals surface area (Å²) in [6, 6.07) is 7.89. The van der Waals surface area contributed by atoms with E-state index in [2.05, 4.69) is 15.3 Å². The largest absolute Gasteiger partial charge is 0.380 e. The number of amides is 1. The Balaban J connectivity index is 1.47. The van der Waals surface area contributed by atoms with Gasteiger partial charge in [0.05, 0.1) is 24.6 Å². The summed E-state index contributed by atoms with van der Waals surface area (Å²) in [6.07, 6.45) is 0.496. The Morgan fingerprint density at radius 1 is 1.22 bits per heavy atom. The molecule has 2 aliphatic heterocycles. The number of hydrogen-bond donors (Lipinski definition) is 2. The van der Waals surface area contributed by atoms with Gasteiger partial charge in [0.1, 0.15) is 11.7 Å². The van der Waals surface area contributed by atoms with Gasteiger partial charge < -0.3 is 20.1 Å². The number of nitrogens with one attached hydrogen (secondary N) is 1. The summed E-state index contributed by atoms with van der Waals surface area (Å²) in [5.74, 6) is -7.20. The van der Waals surface area contributed by atoms with E-state index in [-0.39, 0.29) is 31.0 Å². The van der Waals surface area contributed by atoms with Crippen LogP contribution in [0.2, 0.25) is 0 Å². The van der Waals surface area contributed by atoms with Crippen molar-refractivity contribution in [3.8, 4) is 11.1 Å². The summed E-state index contributed by atoms with van der Waals surface area (Å²) < 4.78 is 62.1. The Bertz CT molecular complexity index is 1360. The molecule has 1 amide bonds. The van der Waals surface area contributed by atoms with Crippen LogP contribution in [0.3, 0.4) is 0 Å². The molecule has 2 aliphatic rings. The van der Waals surface area contributed by atoms with Crippen LogP contribution in [-0.2, 0) is 10.7 Å².